The fourth-order valence-corrected chi connectivity index (χ4v) is 2.84. The van der Waals surface area contributed by atoms with Crippen LogP contribution in [0.1, 0.15) is 56.2 Å². The van der Waals surface area contributed by atoms with Gasteiger partial charge in [-0.25, -0.2) is 0 Å². The van der Waals surface area contributed by atoms with Crippen LogP contribution in [0, 0.1) is 0 Å². The predicted octanol–water partition coefficient (Wildman–Crippen LogP) is 5.66. The van der Waals surface area contributed by atoms with E-state index in [4.69, 9.17) is 4.74 Å². The summed E-state index contributed by atoms with van der Waals surface area (Å²) in [6.07, 6.45) is 6.49. The Bertz CT molecular complexity index is 590. The number of hydrogen-bond donors (Lipinski definition) is 1. The van der Waals surface area contributed by atoms with Crippen molar-refractivity contribution < 1.29 is 9.84 Å². The monoisotopic (exact) mass is 312 g/mol. The molecule has 0 heterocycles. The first-order valence-corrected chi connectivity index (χ1v) is 8.76. The van der Waals surface area contributed by atoms with Crippen molar-refractivity contribution in [3.63, 3.8) is 0 Å². The molecule has 0 unspecified atom stereocenters. The molecule has 2 aromatic carbocycles. The van der Waals surface area contributed by atoms with E-state index < -0.39 is 0 Å². The number of benzene rings is 2. The quantitative estimate of drug-likeness (QED) is 0.647. The highest BCUT2D eigenvalue weighted by Crippen LogP contribution is 2.29. The van der Waals surface area contributed by atoms with Crippen LogP contribution in [0.25, 0.3) is 0 Å². The van der Waals surface area contributed by atoms with Crippen molar-refractivity contribution >= 4 is 0 Å². The number of rotatable bonds is 9. The molecule has 0 aliphatic carbocycles. The van der Waals surface area contributed by atoms with Crippen LogP contribution in [0.2, 0.25) is 0 Å². The molecule has 1 N–H and O–H groups in total. The van der Waals surface area contributed by atoms with Gasteiger partial charge >= 0.3 is 0 Å². The number of aromatic hydroxyl groups is 1. The summed E-state index contributed by atoms with van der Waals surface area (Å²) in [6, 6.07) is 13.7. The van der Waals surface area contributed by atoms with Crippen LogP contribution >= 0.6 is 0 Å². The fourth-order valence-electron chi connectivity index (χ4n) is 2.84. The lowest BCUT2D eigenvalue weighted by molar-refractivity contribution is 0.304. The van der Waals surface area contributed by atoms with Crippen molar-refractivity contribution in [1.29, 1.82) is 0 Å². The van der Waals surface area contributed by atoms with Crippen molar-refractivity contribution in [3.05, 3.63) is 59.2 Å². The number of unbranched alkanes of at least 4 members (excludes halogenated alkanes) is 2. The summed E-state index contributed by atoms with van der Waals surface area (Å²) < 4.78 is 5.93. The Morgan fingerprint density at radius 3 is 2.13 bits per heavy atom. The van der Waals surface area contributed by atoms with Gasteiger partial charge in [0.2, 0.25) is 0 Å². The molecule has 2 nitrogen and oxygen atoms in total. The van der Waals surface area contributed by atoms with E-state index >= 15 is 0 Å². The standard InChI is InChI=1S/C21H28O2/c1-3-5-12-19-17(16-23-18-10-8-7-9-11-18)14-15-21(22)20(19)13-6-4-2/h7-11,14-15,22H,3-6,12-13,16H2,1-2H3. The molecule has 0 spiro atoms. The molecule has 0 atom stereocenters. The molecule has 0 fully saturated rings. The van der Waals surface area contributed by atoms with Crippen LogP contribution in [0.15, 0.2) is 42.5 Å². The zero-order valence-corrected chi connectivity index (χ0v) is 14.3. The van der Waals surface area contributed by atoms with Gasteiger partial charge in [-0.3, -0.25) is 0 Å². The van der Waals surface area contributed by atoms with Crippen molar-refractivity contribution in [2.45, 2.75) is 59.0 Å². The Balaban J connectivity index is 2.22. The summed E-state index contributed by atoms with van der Waals surface area (Å²) in [4.78, 5) is 0. The largest absolute Gasteiger partial charge is 0.508 e. The molecular weight excluding hydrogens is 284 g/mol. The van der Waals surface area contributed by atoms with Crippen LogP contribution in [0.5, 0.6) is 11.5 Å². The minimum absolute atomic E-state index is 0.438. The van der Waals surface area contributed by atoms with E-state index in [9.17, 15) is 5.11 Å². The third-order valence-corrected chi connectivity index (χ3v) is 4.20. The predicted molar refractivity (Wildman–Crippen MR) is 96.1 cm³/mol. The molecule has 0 bridgehead atoms. The molecule has 23 heavy (non-hydrogen) atoms. The molecule has 2 rings (SSSR count). The third-order valence-electron chi connectivity index (χ3n) is 4.20. The molecule has 0 aliphatic heterocycles. The number of phenols is 1. The Hall–Kier alpha value is -1.96. The van der Waals surface area contributed by atoms with Gasteiger partial charge in [-0.1, -0.05) is 51.0 Å². The summed E-state index contributed by atoms with van der Waals surface area (Å²) in [6.45, 7) is 4.95. The molecule has 0 saturated carbocycles. The first-order chi connectivity index (χ1) is 11.3. The van der Waals surface area contributed by atoms with Gasteiger partial charge in [0.25, 0.3) is 0 Å². The number of para-hydroxylation sites is 1. The van der Waals surface area contributed by atoms with Crippen LogP contribution in [0.4, 0.5) is 0 Å². The molecule has 0 amide bonds. The lowest BCUT2D eigenvalue weighted by Gasteiger charge is -2.17. The Labute approximate surface area is 140 Å². The number of ether oxygens (including phenoxy) is 1. The van der Waals surface area contributed by atoms with Crippen LogP contribution < -0.4 is 4.74 Å². The SMILES string of the molecule is CCCCc1c(O)ccc(COc2ccccc2)c1CCCC. The van der Waals surface area contributed by atoms with Crippen molar-refractivity contribution in [1.82, 2.24) is 0 Å². The lowest BCUT2D eigenvalue weighted by atomic mass is 9.92. The van der Waals surface area contributed by atoms with Gasteiger partial charge in [0.15, 0.2) is 0 Å². The maximum atomic E-state index is 10.3. The van der Waals surface area contributed by atoms with Gasteiger partial charge in [-0.15, -0.1) is 0 Å². The van der Waals surface area contributed by atoms with Gasteiger partial charge < -0.3 is 9.84 Å². The molecule has 0 saturated heterocycles. The van der Waals surface area contributed by atoms with E-state index in [1.54, 1.807) is 0 Å². The van der Waals surface area contributed by atoms with E-state index in [1.165, 1.54) is 11.1 Å². The minimum Gasteiger partial charge on any atom is -0.508 e. The van der Waals surface area contributed by atoms with E-state index in [1.807, 2.05) is 42.5 Å². The highest BCUT2D eigenvalue weighted by atomic mass is 16.5. The maximum absolute atomic E-state index is 10.3. The topological polar surface area (TPSA) is 29.5 Å². The molecular formula is C21H28O2. The number of phenolic OH excluding ortho intramolecular Hbond substituents is 1. The summed E-state index contributed by atoms with van der Waals surface area (Å²) >= 11 is 0. The smallest absolute Gasteiger partial charge is 0.119 e. The molecule has 0 radical (unpaired) electrons. The molecule has 2 heteroatoms. The van der Waals surface area contributed by atoms with Gasteiger partial charge in [0.05, 0.1) is 0 Å². The summed E-state index contributed by atoms with van der Waals surface area (Å²) in [5.41, 5.74) is 3.61. The zero-order valence-electron chi connectivity index (χ0n) is 14.3. The van der Waals surface area contributed by atoms with E-state index in [-0.39, 0.29) is 0 Å². The Kier molecular flexibility index (Phi) is 6.99. The van der Waals surface area contributed by atoms with Crippen molar-refractivity contribution in [2.24, 2.45) is 0 Å². The fraction of sp³-hybridized carbons (Fsp3) is 0.429. The summed E-state index contributed by atoms with van der Waals surface area (Å²) in [7, 11) is 0. The average Bonchev–Trinajstić information content (AvgIpc) is 2.59. The molecule has 0 aliphatic rings. The van der Waals surface area contributed by atoms with E-state index in [2.05, 4.69) is 13.8 Å². The van der Waals surface area contributed by atoms with Gasteiger partial charge in [-0.05, 0) is 60.6 Å². The van der Waals surface area contributed by atoms with Crippen LogP contribution in [-0.2, 0) is 19.4 Å². The van der Waals surface area contributed by atoms with Gasteiger partial charge in [-0.2, -0.15) is 0 Å². The van der Waals surface area contributed by atoms with Crippen LogP contribution in [-0.4, -0.2) is 5.11 Å². The summed E-state index contributed by atoms with van der Waals surface area (Å²) in [5.74, 6) is 1.32. The summed E-state index contributed by atoms with van der Waals surface area (Å²) in [5, 5.41) is 10.3. The average molecular weight is 312 g/mol. The molecule has 2 aromatic rings. The third kappa shape index (κ3) is 5.02. The molecule has 0 aromatic heterocycles. The van der Waals surface area contributed by atoms with E-state index in [0.29, 0.717) is 12.4 Å². The first kappa shape index (κ1) is 17.4. The van der Waals surface area contributed by atoms with Crippen molar-refractivity contribution in [2.75, 3.05) is 0 Å². The zero-order chi connectivity index (χ0) is 16.5. The second kappa shape index (κ2) is 9.24. The van der Waals surface area contributed by atoms with E-state index in [0.717, 1.165) is 49.8 Å². The Morgan fingerprint density at radius 1 is 0.826 bits per heavy atom. The van der Waals surface area contributed by atoms with Crippen molar-refractivity contribution in [3.8, 4) is 11.5 Å². The lowest BCUT2D eigenvalue weighted by Crippen LogP contribution is -2.05. The second-order valence-electron chi connectivity index (χ2n) is 6.01. The highest BCUT2D eigenvalue weighted by Gasteiger charge is 2.13. The number of hydrogen-bond acceptors (Lipinski definition) is 2. The van der Waals surface area contributed by atoms with Gasteiger partial charge in [0, 0.05) is 0 Å². The molecule has 124 valence electrons. The minimum atomic E-state index is 0.438. The maximum Gasteiger partial charge on any atom is 0.119 e. The van der Waals surface area contributed by atoms with Gasteiger partial charge in [0.1, 0.15) is 18.1 Å². The normalized spacial score (nSPS) is 10.7. The van der Waals surface area contributed by atoms with Crippen LogP contribution in [0.3, 0.4) is 0 Å². The second-order valence-corrected chi connectivity index (χ2v) is 6.01. The Morgan fingerprint density at radius 2 is 1.48 bits per heavy atom. The highest BCUT2D eigenvalue weighted by molar-refractivity contribution is 5.45. The first-order valence-electron chi connectivity index (χ1n) is 8.76.